The Labute approximate surface area is 126 Å². The molecule has 1 aliphatic rings. The number of rotatable bonds is 4. The number of pyridine rings is 1. The molecule has 0 saturated heterocycles. The molecule has 3 rings (SSSR count). The van der Waals surface area contributed by atoms with Gasteiger partial charge < -0.3 is 14.6 Å². The lowest BCUT2D eigenvalue weighted by Crippen LogP contribution is -2.17. The van der Waals surface area contributed by atoms with Crippen molar-refractivity contribution in [1.82, 2.24) is 10.4 Å². The van der Waals surface area contributed by atoms with Crippen LogP contribution in [0.15, 0.2) is 41.6 Å². The third kappa shape index (κ3) is 3.04. The van der Waals surface area contributed by atoms with Crippen LogP contribution in [0.4, 0.5) is 0 Å². The number of nitrogens with one attached hydrogen (secondary N) is 1. The first-order chi connectivity index (χ1) is 10.8. The maximum atomic E-state index is 11.8. The van der Waals surface area contributed by atoms with Gasteiger partial charge in [-0.25, -0.2) is 5.43 Å². The van der Waals surface area contributed by atoms with E-state index in [4.69, 9.17) is 14.6 Å². The van der Waals surface area contributed by atoms with Crippen LogP contribution in [0, 0.1) is 0 Å². The summed E-state index contributed by atoms with van der Waals surface area (Å²) in [5, 5.41) is 12.8. The van der Waals surface area contributed by atoms with Crippen molar-refractivity contribution in [3.8, 4) is 11.5 Å². The summed E-state index contributed by atoms with van der Waals surface area (Å²) in [4.78, 5) is 15.8. The number of carbonyl (C=O) groups excluding carboxylic acids is 1. The Hall–Kier alpha value is -2.93. The molecule has 2 N–H and O–H groups in total. The van der Waals surface area contributed by atoms with E-state index in [0.717, 1.165) is 5.56 Å². The summed E-state index contributed by atoms with van der Waals surface area (Å²) in [5.41, 5.74) is 4.05. The Morgan fingerprint density at radius 3 is 2.95 bits per heavy atom. The topological polar surface area (TPSA) is 93.0 Å². The van der Waals surface area contributed by atoms with E-state index in [1.807, 2.05) is 0 Å². The van der Waals surface area contributed by atoms with E-state index in [1.165, 1.54) is 12.4 Å². The number of ether oxygens (including phenoxy) is 2. The van der Waals surface area contributed by atoms with Crippen LogP contribution in [0.1, 0.15) is 21.6 Å². The molecule has 7 nitrogen and oxygen atoms in total. The third-order valence-corrected chi connectivity index (χ3v) is 3.03. The molecule has 0 atom stereocenters. The number of aromatic nitrogens is 1. The third-order valence-electron chi connectivity index (χ3n) is 3.03. The molecule has 1 aromatic carbocycles. The number of aliphatic hydroxyl groups is 1. The van der Waals surface area contributed by atoms with Crippen LogP contribution >= 0.6 is 0 Å². The summed E-state index contributed by atoms with van der Waals surface area (Å²) < 4.78 is 10.5. The molecule has 1 amide bonds. The zero-order valence-corrected chi connectivity index (χ0v) is 11.5. The van der Waals surface area contributed by atoms with Gasteiger partial charge in [0.1, 0.15) is 0 Å². The van der Waals surface area contributed by atoms with Gasteiger partial charge in [-0.2, -0.15) is 5.10 Å². The average molecular weight is 299 g/mol. The number of hydrogen-bond acceptors (Lipinski definition) is 6. The number of benzene rings is 1. The highest BCUT2D eigenvalue weighted by Gasteiger charge is 2.12. The van der Waals surface area contributed by atoms with E-state index >= 15 is 0 Å². The Morgan fingerprint density at radius 1 is 1.32 bits per heavy atom. The molecule has 1 aromatic heterocycles. The summed E-state index contributed by atoms with van der Waals surface area (Å²) in [7, 11) is 0. The fourth-order valence-corrected chi connectivity index (χ4v) is 1.88. The van der Waals surface area contributed by atoms with Crippen molar-refractivity contribution < 1.29 is 19.4 Å². The summed E-state index contributed by atoms with van der Waals surface area (Å²) >= 11 is 0. The van der Waals surface area contributed by atoms with Gasteiger partial charge in [0, 0.05) is 6.20 Å². The molecule has 0 radical (unpaired) electrons. The first-order valence-electron chi connectivity index (χ1n) is 6.55. The van der Waals surface area contributed by atoms with Gasteiger partial charge in [0.15, 0.2) is 11.5 Å². The van der Waals surface area contributed by atoms with Crippen molar-refractivity contribution >= 4 is 12.1 Å². The van der Waals surface area contributed by atoms with Gasteiger partial charge in [-0.15, -0.1) is 0 Å². The highest BCUT2D eigenvalue weighted by Crippen LogP contribution is 2.31. The maximum absolute atomic E-state index is 11.8. The molecule has 7 heteroatoms. The number of nitrogens with zero attached hydrogens (tertiary/aromatic N) is 2. The number of fused-ring (bicyclic) bond motifs is 1. The van der Waals surface area contributed by atoms with Gasteiger partial charge in [0.05, 0.1) is 24.1 Å². The second-order valence-electron chi connectivity index (χ2n) is 4.51. The molecule has 0 bridgehead atoms. The van der Waals surface area contributed by atoms with Crippen LogP contribution in [0.3, 0.4) is 0 Å². The van der Waals surface area contributed by atoms with Crippen LogP contribution in [0.2, 0.25) is 0 Å². The van der Waals surface area contributed by atoms with Crippen molar-refractivity contribution in [3.05, 3.63) is 53.3 Å². The lowest BCUT2D eigenvalue weighted by molar-refractivity contribution is 0.0954. The average Bonchev–Trinajstić information content (AvgIpc) is 3.02. The standard InChI is InChI=1S/C15H13N3O4/c19-8-12-3-2-11(7-16-12)15(20)18-17-6-10-1-4-13-14(5-10)22-9-21-13/h1-7,19H,8-9H2,(H,18,20)/b17-6-. The molecule has 22 heavy (non-hydrogen) atoms. The highest BCUT2D eigenvalue weighted by atomic mass is 16.7. The Morgan fingerprint density at radius 2 is 2.18 bits per heavy atom. The predicted octanol–water partition coefficient (Wildman–Crippen LogP) is 1.07. The summed E-state index contributed by atoms with van der Waals surface area (Å²) in [6.45, 7) is 0.0493. The number of hydrazone groups is 1. The number of hydrogen-bond donors (Lipinski definition) is 2. The van der Waals surface area contributed by atoms with E-state index < -0.39 is 0 Å². The zero-order chi connectivity index (χ0) is 15.4. The number of carbonyl (C=O) groups is 1. The second kappa shape index (κ2) is 6.23. The van der Waals surface area contributed by atoms with Gasteiger partial charge in [0.2, 0.25) is 6.79 Å². The first kappa shape index (κ1) is 14.0. The summed E-state index contributed by atoms with van der Waals surface area (Å²) in [5.74, 6) is 0.962. The fourth-order valence-electron chi connectivity index (χ4n) is 1.88. The molecule has 0 saturated carbocycles. The van der Waals surface area contributed by atoms with Crippen molar-refractivity contribution in [2.24, 2.45) is 5.10 Å². The van der Waals surface area contributed by atoms with Gasteiger partial charge in [-0.05, 0) is 35.9 Å². The van der Waals surface area contributed by atoms with Crippen molar-refractivity contribution in [1.29, 1.82) is 0 Å². The molecule has 0 fully saturated rings. The minimum atomic E-state index is -0.381. The van der Waals surface area contributed by atoms with E-state index in [1.54, 1.807) is 30.3 Å². The van der Waals surface area contributed by atoms with Crippen LogP contribution in [0.25, 0.3) is 0 Å². The Bertz CT molecular complexity index is 713. The van der Waals surface area contributed by atoms with Gasteiger partial charge >= 0.3 is 0 Å². The minimum Gasteiger partial charge on any atom is -0.454 e. The van der Waals surface area contributed by atoms with Crippen molar-refractivity contribution in [2.45, 2.75) is 6.61 Å². The van der Waals surface area contributed by atoms with E-state index in [2.05, 4.69) is 15.5 Å². The molecule has 0 aliphatic carbocycles. The van der Waals surface area contributed by atoms with Crippen LogP contribution in [-0.2, 0) is 6.61 Å². The van der Waals surface area contributed by atoms with Gasteiger partial charge in [-0.3, -0.25) is 9.78 Å². The molecule has 2 aromatic rings. The summed E-state index contributed by atoms with van der Waals surface area (Å²) in [6.07, 6.45) is 2.90. The number of aliphatic hydroxyl groups excluding tert-OH is 1. The second-order valence-corrected chi connectivity index (χ2v) is 4.51. The molecular formula is C15H13N3O4. The van der Waals surface area contributed by atoms with E-state index in [0.29, 0.717) is 22.8 Å². The summed E-state index contributed by atoms with van der Waals surface area (Å²) in [6, 6.07) is 8.51. The number of amides is 1. The normalized spacial score (nSPS) is 12.6. The quantitative estimate of drug-likeness (QED) is 0.650. The largest absolute Gasteiger partial charge is 0.454 e. The molecule has 0 unspecified atom stereocenters. The van der Waals surface area contributed by atoms with Crippen LogP contribution in [-0.4, -0.2) is 29.0 Å². The lowest BCUT2D eigenvalue weighted by atomic mass is 10.2. The first-order valence-corrected chi connectivity index (χ1v) is 6.55. The van der Waals surface area contributed by atoms with Crippen molar-refractivity contribution in [3.63, 3.8) is 0 Å². The van der Waals surface area contributed by atoms with Gasteiger partial charge in [-0.1, -0.05) is 0 Å². The Balaban J connectivity index is 1.62. The SMILES string of the molecule is O=C(N/N=C\c1ccc2c(c1)OCO2)c1ccc(CO)nc1. The minimum absolute atomic E-state index is 0.163. The molecule has 1 aliphatic heterocycles. The van der Waals surface area contributed by atoms with E-state index in [-0.39, 0.29) is 19.3 Å². The molecular weight excluding hydrogens is 286 g/mol. The molecule has 0 spiro atoms. The van der Waals surface area contributed by atoms with Crippen molar-refractivity contribution in [2.75, 3.05) is 6.79 Å². The lowest BCUT2D eigenvalue weighted by Gasteiger charge is -2.01. The van der Waals surface area contributed by atoms with E-state index in [9.17, 15) is 4.79 Å². The smallest absolute Gasteiger partial charge is 0.272 e. The Kier molecular flexibility index (Phi) is 3.97. The van der Waals surface area contributed by atoms with Crippen LogP contribution < -0.4 is 14.9 Å². The molecule has 112 valence electrons. The monoisotopic (exact) mass is 299 g/mol. The zero-order valence-electron chi connectivity index (χ0n) is 11.5. The van der Waals surface area contributed by atoms with Crippen LogP contribution in [0.5, 0.6) is 11.5 Å². The highest BCUT2D eigenvalue weighted by molar-refractivity contribution is 5.94. The maximum Gasteiger partial charge on any atom is 0.272 e. The van der Waals surface area contributed by atoms with Gasteiger partial charge in [0.25, 0.3) is 5.91 Å². The molecule has 2 heterocycles. The fraction of sp³-hybridized carbons (Fsp3) is 0.133. The predicted molar refractivity (Wildman–Crippen MR) is 77.8 cm³/mol.